The molecule has 1 fully saturated rings. The molecule has 0 aliphatic carbocycles. The summed E-state index contributed by atoms with van der Waals surface area (Å²) in [6.07, 6.45) is 3.12. The summed E-state index contributed by atoms with van der Waals surface area (Å²) in [7, 11) is 0. The van der Waals surface area contributed by atoms with Gasteiger partial charge in [0.05, 0.1) is 25.6 Å². The van der Waals surface area contributed by atoms with Crippen molar-refractivity contribution in [3.8, 4) is 0 Å². The third-order valence-electron chi connectivity index (χ3n) is 3.90. The number of morpholine rings is 1. The van der Waals surface area contributed by atoms with Crippen LogP contribution in [0.4, 0.5) is 11.5 Å². The Labute approximate surface area is 135 Å². The minimum atomic E-state index is -0.0978. The second-order valence-electron chi connectivity index (χ2n) is 5.58. The maximum atomic E-state index is 12.3. The number of hydrogen-bond acceptors (Lipinski definition) is 5. The number of aromatic nitrogens is 2. The number of ether oxygens (including phenoxy) is 1. The third-order valence-corrected chi connectivity index (χ3v) is 3.90. The number of carbonyl (C=O) groups is 1. The summed E-state index contributed by atoms with van der Waals surface area (Å²) >= 11 is 0. The first kappa shape index (κ1) is 15.4. The number of para-hydroxylation sites is 1. The molecule has 0 spiro atoms. The van der Waals surface area contributed by atoms with E-state index < -0.39 is 0 Å². The Hall–Kier alpha value is -2.47. The van der Waals surface area contributed by atoms with Crippen molar-refractivity contribution >= 4 is 17.4 Å². The molecule has 6 nitrogen and oxygen atoms in total. The molecule has 1 aromatic carbocycles. The molecule has 1 aromatic heterocycles. The Morgan fingerprint density at radius 3 is 2.43 bits per heavy atom. The lowest BCUT2D eigenvalue weighted by Crippen LogP contribution is -2.41. The number of carbonyl (C=O) groups excluding carboxylic acids is 1. The Morgan fingerprint density at radius 1 is 1.13 bits per heavy atom. The molecule has 0 saturated carbocycles. The van der Waals surface area contributed by atoms with Gasteiger partial charge in [-0.3, -0.25) is 4.79 Å². The number of hydrogen-bond donors (Lipinski definition) is 1. The highest BCUT2D eigenvalue weighted by molar-refractivity contribution is 5.92. The van der Waals surface area contributed by atoms with Crippen LogP contribution in [0, 0.1) is 13.8 Å². The Morgan fingerprint density at radius 2 is 1.83 bits per heavy atom. The van der Waals surface area contributed by atoms with Crippen molar-refractivity contribution in [1.29, 1.82) is 0 Å². The summed E-state index contributed by atoms with van der Waals surface area (Å²) in [6.45, 7) is 6.43. The highest BCUT2D eigenvalue weighted by atomic mass is 16.5. The fraction of sp³-hybridized carbons (Fsp3) is 0.353. The molecular weight excluding hydrogens is 292 g/mol. The van der Waals surface area contributed by atoms with Gasteiger partial charge < -0.3 is 15.0 Å². The number of nitrogens with zero attached hydrogens (tertiary/aromatic N) is 3. The quantitative estimate of drug-likeness (QED) is 0.942. The lowest BCUT2D eigenvalue weighted by molar-refractivity contribution is 0.0298. The second-order valence-corrected chi connectivity index (χ2v) is 5.58. The average molecular weight is 312 g/mol. The first-order chi connectivity index (χ1) is 11.1. The van der Waals surface area contributed by atoms with Crippen LogP contribution in [-0.4, -0.2) is 47.1 Å². The van der Waals surface area contributed by atoms with Gasteiger partial charge in [0.25, 0.3) is 5.91 Å². The first-order valence-electron chi connectivity index (χ1n) is 7.67. The molecule has 6 heteroatoms. The van der Waals surface area contributed by atoms with Crippen LogP contribution < -0.4 is 5.32 Å². The molecule has 2 aromatic rings. The Bertz CT molecular complexity index is 674. The fourth-order valence-electron chi connectivity index (χ4n) is 2.57. The standard InChI is InChI=1S/C17H20N4O2/c1-12-4-3-5-13(2)16(12)20-15-11-18-14(10-19-15)17(22)21-6-8-23-9-7-21/h3-5,10-11H,6-9H2,1-2H3,(H,19,20). The summed E-state index contributed by atoms with van der Waals surface area (Å²) in [5, 5.41) is 3.27. The van der Waals surface area contributed by atoms with Gasteiger partial charge in [-0.25, -0.2) is 9.97 Å². The fourth-order valence-corrected chi connectivity index (χ4v) is 2.57. The maximum absolute atomic E-state index is 12.3. The van der Waals surface area contributed by atoms with Gasteiger partial charge in [-0.05, 0) is 25.0 Å². The molecule has 120 valence electrons. The monoisotopic (exact) mass is 312 g/mol. The molecular formula is C17H20N4O2. The van der Waals surface area contributed by atoms with Crippen LogP contribution in [-0.2, 0) is 4.74 Å². The van der Waals surface area contributed by atoms with E-state index in [9.17, 15) is 4.79 Å². The zero-order valence-electron chi connectivity index (χ0n) is 13.4. The van der Waals surface area contributed by atoms with Gasteiger partial charge in [0, 0.05) is 18.8 Å². The lowest BCUT2D eigenvalue weighted by Gasteiger charge is -2.26. The van der Waals surface area contributed by atoms with E-state index in [0.29, 0.717) is 37.8 Å². The van der Waals surface area contributed by atoms with E-state index in [4.69, 9.17) is 4.74 Å². The molecule has 1 N–H and O–H groups in total. The average Bonchev–Trinajstić information content (AvgIpc) is 2.59. The van der Waals surface area contributed by atoms with Crippen LogP contribution in [0.1, 0.15) is 21.6 Å². The minimum absolute atomic E-state index is 0.0978. The Kier molecular flexibility index (Phi) is 4.52. The van der Waals surface area contributed by atoms with Crippen LogP contribution in [0.5, 0.6) is 0 Å². The van der Waals surface area contributed by atoms with Crippen molar-refractivity contribution in [2.24, 2.45) is 0 Å². The molecule has 1 amide bonds. The van der Waals surface area contributed by atoms with Gasteiger partial charge in [-0.15, -0.1) is 0 Å². The molecule has 0 atom stereocenters. The van der Waals surface area contributed by atoms with Crippen molar-refractivity contribution in [2.75, 3.05) is 31.6 Å². The van der Waals surface area contributed by atoms with Gasteiger partial charge in [0.1, 0.15) is 11.5 Å². The molecule has 2 heterocycles. The summed E-state index contributed by atoms with van der Waals surface area (Å²) in [4.78, 5) is 22.6. The highest BCUT2D eigenvalue weighted by Gasteiger charge is 2.19. The molecule has 23 heavy (non-hydrogen) atoms. The van der Waals surface area contributed by atoms with Crippen molar-refractivity contribution in [1.82, 2.24) is 14.9 Å². The van der Waals surface area contributed by atoms with E-state index in [1.165, 1.54) is 6.20 Å². The molecule has 1 saturated heterocycles. The molecule has 3 rings (SSSR count). The minimum Gasteiger partial charge on any atom is -0.378 e. The van der Waals surface area contributed by atoms with Gasteiger partial charge in [-0.2, -0.15) is 0 Å². The molecule has 0 bridgehead atoms. The van der Waals surface area contributed by atoms with E-state index in [-0.39, 0.29) is 5.91 Å². The number of anilines is 2. The topological polar surface area (TPSA) is 67.4 Å². The first-order valence-corrected chi connectivity index (χ1v) is 7.67. The number of rotatable bonds is 3. The van der Waals surface area contributed by atoms with Crippen molar-refractivity contribution in [3.05, 3.63) is 47.4 Å². The van der Waals surface area contributed by atoms with Crippen molar-refractivity contribution in [2.45, 2.75) is 13.8 Å². The largest absolute Gasteiger partial charge is 0.378 e. The van der Waals surface area contributed by atoms with Crippen LogP contribution in [0.3, 0.4) is 0 Å². The zero-order chi connectivity index (χ0) is 16.2. The predicted octanol–water partition coefficient (Wildman–Crippen LogP) is 2.31. The summed E-state index contributed by atoms with van der Waals surface area (Å²) in [5.74, 6) is 0.528. The summed E-state index contributed by atoms with van der Waals surface area (Å²) < 4.78 is 5.25. The highest BCUT2D eigenvalue weighted by Crippen LogP contribution is 2.22. The number of nitrogens with one attached hydrogen (secondary N) is 1. The summed E-state index contributed by atoms with van der Waals surface area (Å²) in [5.41, 5.74) is 3.66. The van der Waals surface area contributed by atoms with Crippen LogP contribution in [0.15, 0.2) is 30.6 Å². The molecule has 0 radical (unpaired) electrons. The maximum Gasteiger partial charge on any atom is 0.274 e. The van der Waals surface area contributed by atoms with E-state index in [1.807, 2.05) is 32.0 Å². The number of benzene rings is 1. The number of aryl methyl sites for hydroxylation is 2. The van der Waals surface area contributed by atoms with E-state index in [2.05, 4.69) is 15.3 Å². The van der Waals surface area contributed by atoms with Crippen molar-refractivity contribution in [3.63, 3.8) is 0 Å². The van der Waals surface area contributed by atoms with Gasteiger partial charge >= 0.3 is 0 Å². The van der Waals surface area contributed by atoms with Gasteiger partial charge in [0.15, 0.2) is 0 Å². The van der Waals surface area contributed by atoms with E-state index in [0.717, 1.165) is 16.8 Å². The third kappa shape index (κ3) is 3.48. The van der Waals surface area contributed by atoms with Gasteiger partial charge in [0.2, 0.25) is 0 Å². The van der Waals surface area contributed by atoms with Crippen LogP contribution in [0.25, 0.3) is 0 Å². The lowest BCUT2D eigenvalue weighted by atomic mass is 10.1. The van der Waals surface area contributed by atoms with E-state index >= 15 is 0 Å². The zero-order valence-corrected chi connectivity index (χ0v) is 13.4. The smallest absolute Gasteiger partial charge is 0.274 e. The molecule has 0 unspecified atom stereocenters. The summed E-state index contributed by atoms with van der Waals surface area (Å²) in [6, 6.07) is 6.10. The normalized spacial score (nSPS) is 14.6. The number of amides is 1. The predicted molar refractivity (Wildman–Crippen MR) is 88.0 cm³/mol. The van der Waals surface area contributed by atoms with E-state index in [1.54, 1.807) is 11.1 Å². The SMILES string of the molecule is Cc1cccc(C)c1Nc1cnc(C(=O)N2CCOCC2)cn1. The molecule has 1 aliphatic rings. The van der Waals surface area contributed by atoms with Gasteiger partial charge in [-0.1, -0.05) is 18.2 Å². The van der Waals surface area contributed by atoms with Crippen LogP contribution >= 0.6 is 0 Å². The Balaban J connectivity index is 1.73. The van der Waals surface area contributed by atoms with Crippen LogP contribution in [0.2, 0.25) is 0 Å². The molecule has 1 aliphatic heterocycles. The van der Waals surface area contributed by atoms with Crippen molar-refractivity contribution < 1.29 is 9.53 Å². The second kappa shape index (κ2) is 6.75.